The molecule has 0 aromatic heterocycles. The molecule has 1 heterocycles. The molecule has 0 fully saturated rings. The van der Waals surface area contributed by atoms with E-state index >= 15 is 0 Å². The summed E-state index contributed by atoms with van der Waals surface area (Å²) in [6.45, 7) is 11.2. The minimum atomic E-state index is -0.786. The van der Waals surface area contributed by atoms with Crippen LogP contribution in [0.15, 0.2) is 49.6 Å². The van der Waals surface area contributed by atoms with Crippen molar-refractivity contribution in [3.05, 3.63) is 60.7 Å². The first-order valence-corrected chi connectivity index (χ1v) is 11.9. The maximum Gasteiger partial charge on any atom is 0.305 e. The molecule has 7 nitrogen and oxygen atoms in total. The SMILES string of the molecule is C=CCCCC(=O)OCC(C)(C)NC(=O)C(CC=C)CC(=O)N1Cc2ccccc2CC1CO. The molecule has 2 rings (SSSR count). The molecule has 0 aliphatic carbocycles. The number of hydrogen-bond donors (Lipinski definition) is 2. The van der Waals surface area contributed by atoms with Crippen molar-refractivity contribution < 1.29 is 24.2 Å². The summed E-state index contributed by atoms with van der Waals surface area (Å²) in [6.07, 6.45) is 6.03. The van der Waals surface area contributed by atoms with Crippen molar-refractivity contribution in [3.63, 3.8) is 0 Å². The maximum absolute atomic E-state index is 13.2. The Bertz CT molecular complexity index is 880. The molecular formula is C27H38N2O5. The predicted molar refractivity (Wildman–Crippen MR) is 132 cm³/mol. The Labute approximate surface area is 202 Å². The van der Waals surface area contributed by atoms with Gasteiger partial charge in [0.05, 0.1) is 24.1 Å². The number of carbonyl (C=O) groups is 3. The number of aliphatic hydroxyl groups excluding tert-OH is 1. The van der Waals surface area contributed by atoms with Gasteiger partial charge >= 0.3 is 5.97 Å². The summed E-state index contributed by atoms with van der Waals surface area (Å²) in [7, 11) is 0. The zero-order valence-electron chi connectivity index (χ0n) is 20.4. The molecule has 2 N–H and O–H groups in total. The van der Waals surface area contributed by atoms with E-state index in [1.54, 1.807) is 30.9 Å². The predicted octanol–water partition coefficient (Wildman–Crippen LogP) is 3.31. The quantitative estimate of drug-likeness (QED) is 0.262. The van der Waals surface area contributed by atoms with Crippen molar-refractivity contribution in [1.82, 2.24) is 10.2 Å². The van der Waals surface area contributed by atoms with E-state index in [0.29, 0.717) is 32.2 Å². The number of ether oxygens (including phenoxy) is 1. The Kier molecular flexibility index (Phi) is 10.5. The van der Waals surface area contributed by atoms with E-state index < -0.39 is 11.5 Å². The van der Waals surface area contributed by atoms with Crippen molar-refractivity contribution >= 4 is 17.8 Å². The van der Waals surface area contributed by atoms with Gasteiger partial charge < -0.3 is 20.1 Å². The van der Waals surface area contributed by atoms with Crippen LogP contribution < -0.4 is 5.32 Å². The molecule has 2 amide bonds. The highest BCUT2D eigenvalue weighted by molar-refractivity contribution is 5.86. The maximum atomic E-state index is 13.2. The van der Waals surface area contributed by atoms with E-state index in [9.17, 15) is 19.5 Å². The second kappa shape index (κ2) is 13.1. The molecule has 186 valence electrons. The fourth-order valence-corrected chi connectivity index (χ4v) is 4.05. The van der Waals surface area contributed by atoms with E-state index in [2.05, 4.69) is 18.5 Å². The van der Waals surface area contributed by atoms with E-state index in [1.165, 1.54) is 0 Å². The molecule has 1 aliphatic rings. The van der Waals surface area contributed by atoms with Crippen molar-refractivity contribution in [2.75, 3.05) is 13.2 Å². The molecule has 1 aromatic carbocycles. The molecule has 2 unspecified atom stereocenters. The van der Waals surface area contributed by atoms with Gasteiger partial charge in [-0.2, -0.15) is 0 Å². The second-order valence-corrected chi connectivity index (χ2v) is 9.47. The molecule has 0 bridgehead atoms. The van der Waals surface area contributed by atoms with Crippen LogP contribution in [0.3, 0.4) is 0 Å². The standard InChI is InChI=1S/C27H38N2O5/c1-5-7-8-14-25(32)34-19-27(3,4)28-26(33)21(11-6-2)16-24(31)29-17-22-13-10-9-12-20(22)15-23(29)18-30/h5-6,9-10,12-13,21,23,30H,1-2,7-8,11,14-19H2,3-4H3,(H,28,33). The van der Waals surface area contributed by atoms with Crippen LogP contribution in [0, 0.1) is 5.92 Å². The van der Waals surface area contributed by atoms with Crippen LogP contribution in [0.25, 0.3) is 0 Å². The van der Waals surface area contributed by atoms with Crippen molar-refractivity contribution in [2.45, 2.75) is 70.5 Å². The summed E-state index contributed by atoms with van der Waals surface area (Å²) in [5.74, 6) is -1.40. The van der Waals surface area contributed by atoms with Crippen LogP contribution in [0.5, 0.6) is 0 Å². The fraction of sp³-hybridized carbons (Fsp3) is 0.519. The lowest BCUT2D eigenvalue weighted by atomic mass is 9.92. The van der Waals surface area contributed by atoms with Crippen molar-refractivity contribution in [3.8, 4) is 0 Å². The highest BCUT2D eigenvalue weighted by atomic mass is 16.5. The second-order valence-electron chi connectivity index (χ2n) is 9.47. The zero-order valence-corrected chi connectivity index (χ0v) is 20.4. The lowest BCUT2D eigenvalue weighted by molar-refractivity contribution is -0.147. The fourth-order valence-electron chi connectivity index (χ4n) is 4.05. The smallest absolute Gasteiger partial charge is 0.305 e. The van der Waals surface area contributed by atoms with Crippen molar-refractivity contribution in [1.29, 1.82) is 0 Å². The first kappa shape index (κ1) is 27.3. The Morgan fingerprint density at radius 1 is 1.24 bits per heavy atom. The number of unbranched alkanes of at least 4 members (excludes halogenated alkanes) is 1. The van der Waals surface area contributed by atoms with Gasteiger partial charge in [-0.3, -0.25) is 14.4 Å². The first-order chi connectivity index (χ1) is 16.2. The number of hydrogen-bond acceptors (Lipinski definition) is 5. The summed E-state index contributed by atoms with van der Waals surface area (Å²) < 4.78 is 5.32. The van der Waals surface area contributed by atoms with Gasteiger partial charge in [0.15, 0.2) is 0 Å². The van der Waals surface area contributed by atoms with E-state index in [-0.39, 0.29) is 43.5 Å². The summed E-state index contributed by atoms with van der Waals surface area (Å²) in [5, 5.41) is 12.8. The van der Waals surface area contributed by atoms with Gasteiger partial charge in [0, 0.05) is 19.4 Å². The topological polar surface area (TPSA) is 95.9 Å². The molecule has 7 heteroatoms. The average Bonchev–Trinajstić information content (AvgIpc) is 2.81. The van der Waals surface area contributed by atoms with Crippen LogP contribution >= 0.6 is 0 Å². The van der Waals surface area contributed by atoms with Gasteiger partial charge in [0.2, 0.25) is 11.8 Å². The third-order valence-corrected chi connectivity index (χ3v) is 5.97. The summed E-state index contributed by atoms with van der Waals surface area (Å²) in [5.41, 5.74) is 1.40. The number of allylic oxidation sites excluding steroid dienone is 2. The Hall–Kier alpha value is -2.93. The molecule has 0 saturated heterocycles. The molecular weight excluding hydrogens is 432 g/mol. The molecule has 0 spiro atoms. The summed E-state index contributed by atoms with van der Waals surface area (Å²) in [6, 6.07) is 7.57. The lowest BCUT2D eigenvalue weighted by Gasteiger charge is -2.37. The summed E-state index contributed by atoms with van der Waals surface area (Å²) >= 11 is 0. The molecule has 1 aromatic rings. The van der Waals surface area contributed by atoms with Crippen LogP contribution in [0.4, 0.5) is 0 Å². The average molecular weight is 471 g/mol. The molecule has 34 heavy (non-hydrogen) atoms. The van der Waals surface area contributed by atoms with Gasteiger partial charge in [-0.25, -0.2) is 0 Å². The Morgan fingerprint density at radius 3 is 2.59 bits per heavy atom. The highest BCUT2D eigenvalue weighted by Crippen LogP contribution is 2.25. The number of fused-ring (bicyclic) bond motifs is 1. The number of nitrogens with one attached hydrogen (secondary N) is 1. The minimum absolute atomic E-state index is 0.00788. The number of rotatable bonds is 13. The number of aliphatic hydroxyl groups is 1. The summed E-state index contributed by atoms with van der Waals surface area (Å²) in [4.78, 5) is 39.8. The number of esters is 1. The first-order valence-electron chi connectivity index (χ1n) is 11.9. The molecule has 1 aliphatic heterocycles. The number of nitrogens with zero attached hydrogens (tertiary/aromatic N) is 1. The minimum Gasteiger partial charge on any atom is -0.463 e. The highest BCUT2D eigenvalue weighted by Gasteiger charge is 2.33. The zero-order chi connectivity index (χ0) is 25.1. The Morgan fingerprint density at radius 2 is 1.94 bits per heavy atom. The van der Waals surface area contributed by atoms with Gasteiger partial charge in [0.25, 0.3) is 0 Å². The largest absolute Gasteiger partial charge is 0.463 e. The van der Waals surface area contributed by atoms with Crippen LogP contribution in [0.1, 0.15) is 57.1 Å². The van der Waals surface area contributed by atoms with Gasteiger partial charge in [0.1, 0.15) is 6.61 Å². The van der Waals surface area contributed by atoms with Crippen molar-refractivity contribution in [2.24, 2.45) is 5.92 Å². The monoisotopic (exact) mass is 470 g/mol. The van der Waals surface area contributed by atoms with Crippen LogP contribution in [-0.4, -0.2) is 52.6 Å². The van der Waals surface area contributed by atoms with E-state index in [1.807, 2.05) is 24.3 Å². The molecule has 0 radical (unpaired) electrons. The number of carbonyl (C=O) groups excluding carboxylic acids is 3. The third-order valence-electron chi connectivity index (χ3n) is 5.97. The van der Waals surface area contributed by atoms with Gasteiger partial charge in [-0.05, 0) is 50.7 Å². The van der Waals surface area contributed by atoms with E-state index in [4.69, 9.17) is 4.74 Å². The van der Waals surface area contributed by atoms with E-state index in [0.717, 1.165) is 17.5 Å². The molecule has 0 saturated carbocycles. The van der Waals surface area contributed by atoms with Crippen LogP contribution in [-0.2, 0) is 32.1 Å². The Balaban J connectivity index is 1.98. The number of benzene rings is 1. The van der Waals surface area contributed by atoms with Crippen LogP contribution in [0.2, 0.25) is 0 Å². The normalized spacial score (nSPS) is 16.2. The third kappa shape index (κ3) is 8.13. The lowest BCUT2D eigenvalue weighted by Crippen LogP contribution is -2.51. The van der Waals surface area contributed by atoms with Gasteiger partial charge in [-0.1, -0.05) is 36.4 Å². The van der Waals surface area contributed by atoms with Gasteiger partial charge in [-0.15, -0.1) is 13.2 Å². The number of amides is 2. The molecule has 2 atom stereocenters.